The minimum Gasteiger partial charge on any atom is -0.0635 e. The van der Waals surface area contributed by atoms with E-state index in [0.717, 1.165) is 6.33 Å². The summed E-state index contributed by atoms with van der Waals surface area (Å²) in [7, 11) is -10.7. The summed E-state index contributed by atoms with van der Waals surface area (Å²) in [4.78, 5) is 45.0. The summed E-state index contributed by atoms with van der Waals surface area (Å²) in [6, 6.07) is 0. The van der Waals surface area contributed by atoms with E-state index >= 15 is 0 Å². The van der Waals surface area contributed by atoms with Crippen molar-refractivity contribution in [2.75, 3.05) is 18.9 Å². The van der Waals surface area contributed by atoms with Gasteiger partial charge in [-0.15, -0.1) is 0 Å². The van der Waals surface area contributed by atoms with Crippen LogP contribution in [0.25, 0.3) is 11.2 Å². The van der Waals surface area contributed by atoms with Gasteiger partial charge in [-0.2, -0.15) is 0 Å². The van der Waals surface area contributed by atoms with Crippen LogP contribution < -0.4 is 11.5 Å². The molecule has 3 saturated heterocycles. The molecule has 0 radical (unpaired) electrons. The van der Waals surface area contributed by atoms with Crippen LogP contribution in [0.15, 0.2) is 36.7 Å². The monoisotopic (exact) mass is 743 g/mol. The van der Waals surface area contributed by atoms with Crippen molar-refractivity contribution in [2.24, 2.45) is 5.73 Å². The summed E-state index contributed by atoms with van der Waals surface area (Å²) >= 11 is -0.885. The molecule has 1 amide bonds. The second-order valence-electron chi connectivity index (χ2n) is 10.3. The molecule has 2 aromatic rings. The van der Waals surface area contributed by atoms with Crippen molar-refractivity contribution in [1.82, 2.24) is 24.4 Å². The van der Waals surface area contributed by atoms with Crippen LogP contribution in [-0.2, 0) is 36.8 Å². The summed E-state index contributed by atoms with van der Waals surface area (Å²) in [6.45, 7) is -1.72. The molecule has 0 aromatic carbocycles. The fourth-order valence-corrected chi connectivity index (χ4v) is 9.80. The number of nitrogens with two attached hydrogens (primary N) is 2. The van der Waals surface area contributed by atoms with E-state index < -0.39 is 95.6 Å². The molecule has 2 unspecified atom stereocenters. The zero-order valence-corrected chi connectivity index (χ0v) is 26.1. The Hall–Kier alpha value is -2.36. The van der Waals surface area contributed by atoms with Crippen molar-refractivity contribution in [2.45, 2.75) is 52.3 Å². The van der Waals surface area contributed by atoms with Crippen LogP contribution in [-0.4, -0.2) is 128 Å². The Kier molecular flexibility index (Phi) is 8.26. The number of carbonyl (C=O) groups is 1. The number of phosphoric ester groups is 2. The molecule has 4 aliphatic rings. The molecule has 45 heavy (non-hydrogen) atoms. The van der Waals surface area contributed by atoms with Gasteiger partial charge in [0.15, 0.2) is 0 Å². The van der Waals surface area contributed by atoms with Gasteiger partial charge in [-0.25, -0.2) is 0 Å². The SMILES string of the molecule is NC(=O)C1=CN([C@@H]2O[C@H](COP(=O)(O)OP(=O)(O)OC[C@]34O[C@@H](n5cnc6c(N)ncnc65)[C@@H](O)[C@]3(O)[Se]4)[C@@H](O)[C@H]2O)C=CC1. The quantitative estimate of drug-likeness (QED) is 0.0825. The zero-order valence-electron chi connectivity index (χ0n) is 22.6. The number of hydrogen-bond acceptors (Lipinski definition) is 17. The number of amides is 1. The topological polar surface area (TPSA) is 318 Å². The van der Waals surface area contributed by atoms with Gasteiger partial charge in [0.1, 0.15) is 0 Å². The Morgan fingerprint density at radius 3 is 2.60 bits per heavy atom. The number of aromatic nitrogens is 4. The Morgan fingerprint density at radius 2 is 1.87 bits per heavy atom. The van der Waals surface area contributed by atoms with Crippen molar-refractivity contribution in [3.8, 4) is 0 Å². The van der Waals surface area contributed by atoms with Crippen LogP contribution in [0.2, 0.25) is 0 Å². The summed E-state index contributed by atoms with van der Waals surface area (Å²) in [5.41, 5.74) is 11.7. The van der Waals surface area contributed by atoms with Gasteiger partial charge in [-0.05, 0) is 6.42 Å². The van der Waals surface area contributed by atoms with Crippen molar-refractivity contribution >= 4 is 53.5 Å². The maximum atomic E-state index is 12.6. The first-order chi connectivity index (χ1) is 21.1. The van der Waals surface area contributed by atoms with Crippen LogP contribution in [0.5, 0.6) is 0 Å². The third-order valence-corrected chi connectivity index (χ3v) is 13.2. The summed E-state index contributed by atoms with van der Waals surface area (Å²) in [6.07, 6.45) is -1.67. The molecule has 0 aliphatic carbocycles. The second kappa shape index (κ2) is 11.4. The molecule has 3 fully saturated rings. The van der Waals surface area contributed by atoms with Crippen LogP contribution in [0.3, 0.4) is 0 Å². The smallest absolute Gasteiger partial charge is 0.0635 e. The Morgan fingerprint density at radius 1 is 1.13 bits per heavy atom. The van der Waals surface area contributed by atoms with Crippen LogP contribution in [0, 0.1) is 0 Å². The average Bonchev–Trinajstić information content (AvgIpc) is 3.20. The zero-order chi connectivity index (χ0) is 32.5. The molecule has 24 heteroatoms. The molecule has 21 nitrogen and oxygen atoms in total. The Bertz CT molecular complexity index is 1680. The number of primary amides is 1. The molecule has 10 N–H and O–H groups in total. The van der Waals surface area contributed by atoms with Gasteiger partial charge in [0.05, 0.1) is 0 Å². The first kappa shape index (κ1) is 32.6. The third-order valence-electron chi connectivity index (χ3n) is 7.36. The first-order valence-corrected chi connectivity index (χ1v) is 17.6. The van der Waals surface area contributed by atoms with Gasteiger partial charge in [0.25, 0.3) is 0 Å². The molecule has 0 saturated carbocycles. The van der Waals surface area contributed by atoms with E-state index in [0.29, 0.717) is 0 Å². The van der Waals surface area contributed by atoms with E-state index in [1.54, 1.807) is 6.08 Å². The van der Waals surface area contributed by atoms with Crippen LogP contribution >= 0.6 is 15.6 Å². The molecular formula is C21H27N7O14P2Se. The molecule has 6 heterocycles. The Labute approximate surface area is 258 Å². The van der Waals surface area contributed by atoms with Crippen LogP contribution in [0.1, 0.15) is 12.6 Å². The number of nitrogens with zero attached hydrogens (tertiary/aromatic N) is 5. The van der Waals surface area contributed by atoms with E-state index in [1.807, 2.05) is 0 Å². The molecule has 10 atom stereocenters. The predicted octanol–water partition coefficient (Wildman–Crippen LogP) is -3.31. The third kappa shape index (κ3) is 5.86. The number of hydrogen-bond donors (Lipinski definition) is 8. The molecule has 2 aromatic heterocycles. The van der Waals surface area contributed by atoms with E-state index in [4.69, 9.17) is 30.0 Å². The van der Waals surface area contributed by atoms with Gasteiger partial charge < -0.3 is 5.73 Å². The van der Waals surface area contributed by atoms with Gasteiger partial charge in [0, 0.05) is 18.0 Å². The van der Waals surface area contributed by atoms with Crippen molar-refractivity contribution in [1.29, 1.82) is 0 Å². The number of rotatable bonds is 11. The van der Waals surface area contributed by atoms with E-state index in [9.17, 15) is 44.1 Å². The number of aliphatic hydroxyl groups is 4. The molecule has 4 aliphatic heterocycles. The number of nitrogen functional groups attached to an aromatic ring is 1. The minimum absolute atomic E-state index is 0.0616. The number of aliphatic hydroxyl groups excluding tert-OH is 3. The van der Waals surface area contributed by atoms with Crippen molar-refractivity contribution in [3.05, 3.63) is 36.7 Å². The van der Waals surface area contributed by atoms with E-state index in [-0.39, 0.29) is 29.0 Å². The molecular weight excluding hydrogens is 715 g/mol. The maximum absolute atomic E-state index is 12.6. The fraction of sp³-hybridized carbons (Fsp3) is 0.524. The van der Waals surface area contributed by atoms with Gasteiger partial charge in [-0.1, -0.05) is 6.08 Å². The van der Waals surface area contributed by atoms with E-state index in [2.05, 4.69) is 19.3 Å². The second-order valence-corrected chi connectivity index (χ2v) is 16.4. The standard InChI is InChI=1S/C21H27N7O14P2Se/c22-15-11-17(25-7-24-15)28(8-26-11)19-14(31)21(33)20(41-19,45-21)6-39-44(36,37)42-43(34,35)38-5-10-12(29)13(30)18(40-10)27-3-1-2-9(4-27)16(23)32/h1,3-4,7-8,10,12-14,18-19,29-31,33H,2,5-6H2,(H2,23,32)(H,34,35)(H,36,37)(H2,22,24,25)/t10-,12-,13-,14-,18-,19-,20-,21+/m1/s1. The van der Waals surface area contributed by atoms with Gasteiger partial charge in [-0.3, -0.25) is 4.79 Å². The first-order valence-electron chi connectivity index (χ1n) is 12.9. The van der Waals surface area contributed by atoms with Crippen LogP contribution in [0.4, 0.5) is 5.82 Å². The molecule has 6 rings (SSSR count). The molecule has 246 valence electrons. The number of ether oxygens (including phenoxy) is 2. The summed E-state index contributed by atoms with van der Waals surface area (Å²) in [5.74, 6) is -0.646. The van der Waals surface area contributed by atoms with E-state index in [1.165, 1.54) is 28.2 Å². The summed E-state index contributed by atoms with van der Waals surface area (Å²) in [5, 5.41) is 42.6. The number of imidazole rings is 1. The average molecular weight is 742 g/mol. The number of allylic oxidation sites excluding steroid dienone is 1. The normalized spacial score (nSPS) is 36.8. The number of carbonyl (C=O) groups excluding carboxylic acids is 1. The molecule has 0 bridgehead atoms. The summed E-state index contributed by atoms with van der Waals surface area (Å²) < 4.78 is 48.2. The minimum atomic E-state index is -5.38. The molecule has 0 spiro atoms. The van der Waals surface area contributed by atoms with Gasteiger partial charge >= 0.3 is 212 Å². The number of anilines is 1. The van der Waals surface area contributed by atoms with Crippen molar-refractivity contribution in [3.63, 3.8) is 0 Å². The number of phosphoric acid groups is 2. The van der Waals surface area contributed by atoms with Crippen molar-refractivity contribution < 1.29 is 67.0 Å². The van der Waals surface area contributed by atoms with Gasteiger partial charge in [0.2, 0.25) is 5.91 Å². The Balaban J connectivity index is 1.05. The fourth-order valence-electron chi connectivity index (χ4n) is 5.03. The number of fused-ring (bicyclic) bond motifs is 2. The predicted molar refractivity (Wildman–Crippen MR) is 145 cm³/mol.